The van der Waals surface area contributed by atoms with Gasteiger partial charge in [-0.15, -0.1) is 0 Å². The van der Waals surface area contributed by atoms with Gasteiger partial charge in [-0.25, -0.2) is 13.2 Å². The molecule has 0 aromatic heterocycles. The molecule has 0 saturated carbocycles. The van der Waals surface area contributed by atoms with E-state index in [-0.39, 0.29) is 24.3 Å². The molecule has 1 rings (SSSR count). The third-order valence-electron chi connectivity index (χ3n) is 3.14. The first kappa shape index (κ1) is 21.8. The van der Waals surface area contributed by atoms with E-state index in [0.29, 0.717) is 5.75 Å². The van der Waals surface area contributed by atoms with Crippen molar-refractivity contribution in [2.75, 3.05) is 12.9 Å². The number of carbonyl (C=O) groups excluding carboxylic acids is 2. The fourth-order valence-electron chi connectivity index (χ4n) is 1.98. The first-order valence-corrected chi connectivity index (χ1v) is 9.97. The third-order valence-corrected chi connectivity index (χ3v) is 4.26. The summed E-state index contributed by atoms with van der Waals surface area (Å²) >= 11 is 0. The molecular formula is C17H26N2O6S. The Labute approximate surface area is 154 Å². The molecule has 0 aliphatic heterocycles. The molecule has 0 bridgehead atoms. The summed E-state index contributed by atoms with van der Waals surface area (Å²) in [7, 11) is -3.36. The third kappa shape index (κ3) is 8.70. The maximum absolute atomic E-state index is 11.9. The molecule has 0 heterocycles. The monoisotopic (exact) mass is 386 g/mol. The molecule has 0 spiro atoms. The summed E-state index contributed by atoms with van der Waals surface area (Å²) in [6.07, 6.45) is 0.791. The number of benzene rings is 1. The summed E-state index contributed by atoms with van der Waals surface area (Å²) in [5.74, 6) is -0.164. The average molecular weight is 386 g/mol. The smallest absolute Gasteiger partial charge is 0.407 e. The van der Waals surface area contributed by atoms with Crippen molar-refractivity contribution in [2.24, 2.45) is 5.73 Å². The molecule has 2 amide bonds. The van der Waals surface area contributed by atoms with E-state index in [1.165, 1.54) is 12.1 Å². The van der Waals surface area contributed by atoms with Crippen LogP contribution in [-0.4, -0.2) is 44.9 Å². The molecule has 1 aromatic carbocycles. The van der Waals surface area contributed by atoms with Crippen molar-refractivity contribution in [3.63, 3.8) is 0 Å². The Balaban J connectivity index is 2.76. The number of hydrogen-bond donors (Lipinski definition) is 2. The summed E-state index contributed by atoms with van der Waals surface area (Å²) in [5, 5.41) is 2.63. The number of ether oxygens (including phenoxy) is 2. The Hall–Kier alpha value is -2.29. The van der Waals surface area contributed by atoms with Gasteiger partial charge >= 0.3 is 6.09 Å². The number of hydrogen-bond acceptors (Lipinski definition) is 6. The van der Waals surface area contributed by atoms with Crippen LogP contribution in [0.25, 0.3) is 0 Å². The lowest BCUT2D eigenvalue weighted by atomic mass is 10.1. The molecular weight excluding hydrogens is 360 g/mol. The van der Waals surface area contributed by atoms with Gasteiger partial charge in [-0.2, -0.15) is 0 Å². The van der Waals surface area contributed by atoms with Crippen LogP contribution in [0.3, 0.4) is 0 Å². The lowest BCUT2D eigenvalue weighted by Gasteiger charge is -2.23. The summed E-state index contributed by atoms with van der Waals surface area (Å²) in [5.41, 5.74) is 4.49. The van der Waals surface area contributed by atoms with Crippen molar-refractivity contribution in [1.29, 1.82) is 0 Å². The second kappa shape index (κ2) is 8.88. The molecule has 0 saturated heterocycles. The molecule has 26 heavy (non-hydrogen) atoms. The lowest BCUT2D eigenvalue weighted by Crippen LogP contribution is -2.42. The van der Waals surface area contributed by atoms with Gasteiger partial charge in [0.25, 0.3) is 0 Å². The highest BCUT2D eigenvalue weighted by Gasteiger charge is 2.20. The van der Waals surface area contributed by atoms with Gasteiger partial charge < -0.3 is 20.5 Å². The van der Waals surface area contributed by atoms with Gasteiger partial charge in [0, 0.05) is 12.7 Å². The predicted octanol–water partition coefficient (Wildman–Crippen LogP) is 1.63. The van der Waals surface area contributed by atoms with Crippen LogP contribution < -0.4 is 15.8 Å². The van der Waals surface area contributed by atoms with E-state index in [4.69, 9.17) is 15.2 Å². The van der Waals surface area contributed by atoms with E-state index in [2.05, 4.69) is 5.32 Å². The molecule has 1 aromatic rings. The quantitative estimate of drug-likeness (QED) is 0.699. The van der Waals surface area contributed by atoms with E-state index in [9.17, 15) is 18.0 Å². The fourth-order valence-corrected chi connectivity index (χ4v) is 2.64. The number of nitrogens with one attached hydrogen (secondary N) is 1. The van der Waals surface area contributed by atoms with Crippen molar-refractivity contribution in [3.8, 4) is 5.75 Å². The number of rotatable bonds is 8. The Morgan fingerprint density at radius 1 is 1.27 bits per heavy atom. The molecule has 0 radical (unpaired) electrons. The van der Waals surface area contributed by atoms with Crippen LogP contribution in [0, 0.1) is 0 Å². The Bertz CT molecular complexity index is 740. The summed E-state index contributed by atoms with van der Waals surface area (Å²) < 4.78 is 34.0. The van der Waals surface area contributed by atoms with Crippen molar-refractivity contribution < 1.29 is 27.5 Å². The van der Waals surface area contributed by atoms with E-state index in [0.717, 1.165) is 6.26 Å². The number of carbonyl (C=O) groups is 2. The van der Waals surface area contributed by atoms with Gasteiger partial charge in [-0.1, -0.05) is 6.07 Å². The van der Waals surface area contributed by atoms with Crippen LogP contribution in [0.1, 0.15) is 33.6 Å². The maximum atomic E-state index is 11.9. The Kier molecular flexibility index (Phi) is 7.43. The molecule has 0 aliphatic carbocycles. The zero-order valence-corrected chi connectivity index (χ0v) is 16.3. The fraction of sp³-hybridized carbons (Fsp3) is 0.529. The van der Waals surface area contributed by atoms with Crippen molar-refractivity contribution in [2.45, 2.75) is 50.2 Å². The van der Waals surface area contributed by atoms with E-state index in [1.807, 2.05) is 0 Å². The molecule has 8 nitrogen and oxygen atoms in total. The number of alkyl carbamates (subject to hydrolysis) is 1. The van der Waals surface area contributed by atoms with Crippen LogP contribution in [0.5, 0.6) is 5.75 Å². The second-order valence-corrected chi connectivity index (χ2v) is 8.92. The zero-order chi connectivity index (χ0) is 20.0. The molecule has 0 aliphatic rings. The highest BCUT2D eigenvalue weighted by atomic mass is 32.2. The molecule has 146 valence electrons. The zero-order valence-electron chi connectivity index (χ0n) is 15.4. The van der Waals surface area contributed by atoms with Crippen molar-refractivity contribution >= 4 is 21.8 Å². The number of amides is 2. The van der Waals surface area contributed by atoms with Crippen LogP contribution in [-0.2, 0) is 19.4 Å². The van der Waals surface area contributed by atoms with Gasteiger partial charge in [-0.3, -0.25) is 4.79 Å². The number of nitrogens with two attached hydrogens (primary N) is 1. The van der Waals surface area contributed by atoms with Gasteiger partial charge in [0.15, 0.2) is 9.84 Å². The summed E-state index contributed by atoms with van der Waals surface area (Å²) in [6.45, 7) is 5.23. The minimum absolute atomic E-state index is 0.0275. The SMILES string of the molecule is CC(C)(C)OC(=O)NC(CCC(N)=O)COc1cccc(S(C)(=O)=O)c1. The largest absolute Gasteiger partial charge is 0.491 e. The first-order chi connectivity index (χ1) is 11.9. The average Bonchev–Trinajstić information content (AvgIpc) is 2.47. The molecule has 1 atom stereocenters. The second-order valence-electron chi connectivity index (χ2n) is 6.91. The minimum Gasteiger partial charge on any atom is -0.491 e. The van der Waals surface area contributed by atoms with Crippen LogP contribution in [0.15, 0.2) is 29.2 Å². The normalized spacial score (nSPS) is 12.9. The highest BCUT2D eigenvalue weighted by Crippen LogP contribution is 2.18. The number of primary amides is 1. The van der Waals surface area contributed by atoms with E-state index in [1.54, 1.807) is 32.9 Å². The molecule has 1 unspecified atom stereocenters. The molecule has 9 heteroatoms. The number of sulfone groups is 1. The summed E-state index contributed by atoms with van der Waals surface area (Å²) in [4.78, 5) is 23.1. The lowest BCUT2D eigenvalue weighted by molar-refractivity contribution is -0.118. The van der Waals surface area contributed by atoms with E-state index >= 15 is 0 Å². The highest BCUT2D eigenvalue weighted by molar-refractivity contribution is 7.90. The van der Waals surface area contributed by atoms with E-state index < -0.39 is 33.5 Å². The van der Waals surface area contributed by atoms with Crippen molar-refractivity contribution in [1.82, 2.24) is 5.32 Å². The van der Waals surface area contributed by atoms with Crippen molar-refractivity contribution in [3.05, 3.63) is 24.3 Å². The first-order valence-electron chi connectivity index (χ1n) is 8.07. The van der Waals surface area contributed by atoms with Gasteiger partial charge in [0.2, 0.25) is 5.91 Å². The Morgan fingerprint density at radius 3 is 2.46 bits per heavy atom. The van der Waals surface area contributed by atoms with Gasteiger partial charge in [0.1, 0.15) is 18.0 Å². The van der Waals surface area contributed by atoms with Crippen LogP contribution in [0.4, 0.5) is 4.79 Å². The van der Waals surface area contributed by atoms with Gasteiger partial charge in [0.05, 0.1) is 10.9 Å². The predicted molar refractivity (Wildman–Crippen MR) is 96.6 cm³/mol. The minimum atomic E-state index is -3.36. The Morgan fingerprint density at radius 2 is 1.92 bits per heavy atom. The maximum Gasteiger partial charge on any atom is 0.407 e. The standard InChI is InChI=1S/C17H26N2O6S/c1-17(2,3)25-16(21)19-12(8-9-15(18)20)11-24-13-6-5-7-14(10-13)26(4,22)23/h5-7,10,12H,8-9,11H2,1-4H3,(H2,18,20)(H,19,21). The van der Waals surface area contributed by atoms with Crippen LogP contribution >= 0.6 is 0 Å². The molecule has 3 N–H and O–H groups in total. The summed E-state index contributed by atoms with van der Waals surface area (Å²) in [6, 6.07) is 5.50. The molecule has 0 fully saturated rings. The topological polar surface area (TPSA) is 125 Å². The van der Waals surface area contributed by atoms with Gasteiger partial charge in [-0.05, 0) is 45.4 Å². The van der Waals surface area contributed by atoms with Crippen LogP contribution in [0.2, 0.25) is 0 Å².